The average molecular weight is 355 g/mol. The molecule has 6 nitrogen and oxygen atoms in total. The van der Waals surface area contributed by atoms with Gasteiger partial charge < -0.3 is 14.0 Å². The van der Waals surface area contributed by atoms with Crippen molar-refractivity contribution in [3.05, 3.63) is 18.5 Å². The zero-order valence-electron chi connectivity index (χ0n) is 15.2. The predicted molar refractivity (Wildman–Crippen MR) is 94.5 cm³/mol. The van der Waals surface area contributed by atoms with Crippen molar-refractivity contribution in [2.75, 3.05) is 4.42 Å². The van der Waals surface area contributed by atoms with Crippen LogP contribution < -0.4 is 9.88 Å². The Morgan fingerprint density at radius 2 is 1.75 bits per heavy atom. The molecule has 24 heavy (non-hydrogen) atoms. The topological polar surface area (TPSA) is 60.9 Å². The Morgan fingerprint density at radius 3 is 2.25 bits per heavy atom. The van der Waals surface area contributed by atoms with Crippen molar-refractivity contribution >= 4 is 36.1 Å². The van der Waals surface area contributed by atoms with Gasteiger partial charge in [-0.15, -0.1) is 0 Å². The maximum absolute atomic E-state index is 12.1. The van der Waals surface area contributed by atoms with Crippen LogP contribution in [0.2, 0.25) is 0 Å². The summed E-state index contributed by atoms with van der Waals surface area (Å²) in [5.41, 5.74) is -0.488. The van der Waals surface area contributed by atoms with Gasteiger partial charge in [-0.3, -0.25) is 4.98 Å². The number of carbonyl (C=O) groups is 1. The number of hydrogen-bond acceptors (Lipinski definition) is 5. The second-order valence-corrected chi connectivity index (χ2v) is 8.16. The summed E-state index contributed by atoms with van der Waals surface area (Å²) in [7, 11) is -0.578. The fourth-order valence-electron chi connectivity index (χ4n) is 2.07. The highest BCUT2D eigenvalue weighted by atomic mass is 35.5. The third kappa shape index (κ3) is 4.02. The quantitative estimate of drug-likeness (QED) is 0.602. The van der Waals surface area contributed by atoms with Crippen molar-refractivity contribution < 1.29 is 18.8 Å². The van der Waals surface area contributed by atoms with Crippen LogP contribution in [0.15, 0.2) is 18.5 Å². The Morgan fingerprint density at radius 1 is 1.21 bits per heavy atom. The first-order valence-corrected chi connectivity index (χ1v) is 8.16. The van der Waals surface area contributed by atoms with Crippen molar-refractivity contribution in [1.29, 1.82) is 0 Å². The summed E-state index contributed by atoms with van der Waals surface area (Å²) in [4.78, 5) is 16.2. The SMILES string of the molecule is CC(C)(C)OC(=O)N(Cl)c1cncc(B2OC(C)(C)C(C)(C)O2)c1. The first-order valence-electron chi connectivity index (χ1n) is 7.82. The van der Waals surface area contributed by atoms with E-state index in [2.05, 4.69) is 4.98 Å². The van der Waals surface area contributed by atoms with E-state index in [1.54, 1.807) is 33.0 Å². The number of amides is 1. The highest BCUT2D eigenvalue weighted by Crippen LogP contribution is 2.36. The largest absolute Gasteiger partial charge is 0.496 e. The summed E-state index contributed by atoms with van der Waals surface area (Å²) >= 11 is 6.09. The van der Waals surface area contributed by atoms with E-state index in [0.29, 0.717) is 11.2 Å². The summed E-state index contributed by atoms with van der Waals surface area (Å²) in [6.07, 6.45) is 2.44. The van der Waals surface area contributed by atoms with E-state index in [9.17, 15) is 4.79 Å². The van der Waals surface area contributed by atoms with Gasteiger partial charge >= 0.3 is 13.2 Å². The lowest BCUT2D eigenvalue weighted by atomic mass is 9.80. The number of hydrogen-bond donors (Lipinski definition) is 0. The van der Waals surface area contributed by atoms with E-state index in [0.717, 1.165) is 4.42 Å². The second kappa shape index (κ2) is 6.21. The van der Waals surface area contributed by atoms with E-state index >= 15 is 0 Å². The minimum atomic E-state index is -0.669. The highest BCUT2D eigenvalue weighted by Gasteiger charge is 2.51. The van der Waals surface area contributed by atoms with Crippen molar-refractivity contribution in [2.45, 2.75) is 65.3 Å². The van der Waals surface area contributed by atoms with Crippen LogP contribution in [0.5, 0.6) is 0 Å². The smallest absolute Gasteiger partial charge is 0.443 e. The molecule has 1 fully saturated rings. The highest BCUT2D eigenvalue weighted by molar-refractivity contribution is 6.62. The van der Waals surface area contributed by atoms with Gasteiger partial charge in [0, 0.05) is 23.4 Å². The van der Waals surface area contributed by atoms with Crippen LogP contribution in [0, 0.1) is 0 Å². The van der Waals surface area contributed by atoms with E-state index in [1.165, 1.54) is 6.20 Å². The van der Waals surface area contributed by atoms with Crippen LogP contribution in [0.1, 0.15) is 48.5 Å². The molecule has 0 spiro atoms. The molecule has 0 aliphatic carbocycles. The van der Waals surface area contributed by atoms with Crippen LogP contribution in [0.3, 0.4) is 0 Å². The first-order chi connectivity index (χ1) is 10.8. The van der Waals surface area contributed by atoms with Gasteiger partial charge in [0.15, 0.2) is 0 Å². The Labute approximate surface area is 148 Å². The number of halogens is 1. The molecule has 1 saturated heterocycles. The molecule has 0 unspecified atom stereocenters. The molecule has 1 aromatic heterocycles. The van der Waals surface area contributed by atoms with Crippen molar-refractivity contribution in [1.82, 2.24) is 4.98 Å². The molecule has 0 N–H and O–H groups in total. The Kier molecular flexibility index (Phi) is 4.92. The molecule has 1 aromatic rings. The van der Waals surface area contributed by atoms with Gasteiger partial charge in [0.2, 0.25) is 0 Å². The average Bonchev–Trinajstić information content (AvgIpc) is 2.65. The second-order valence-electron chi connectivity index (χ2n) is 7.83. The molecule has 0 atom stereocenters. The summed E-state index contributed by atoms with van der Waals surface area (Å²) in [6, 6.07) is 1.70. The van der Waals surface area contributed by atoms with Crippen molar-refractivity contribution in [3.8, 4) is 0 Å². The molecule has 1 aliphatic heterocycles. The predicted octanol–water partition coefficient (Wildman–Crippen LogP) is 3.28. The summed E-state index contributed by atoms with van der Waals surface area (Å²) < 4.78 is 18.1. The van der Waals surface area contributed by atoms with Crippen LogP contribution in [0.4, 0.5) is 10.5 Å². The number of nitrogens with zero attached hydrogens (tertiary/aromatic N) is 2. The lowest BCUT2D eigenvalue weighted by molar-refractivity contribution is 0.00578. The Hall–Kier alpha value is -1.31. The third-order valence-electron chi connectivity index (χ3n) is 4.05. The van der Waals surface area contributed by atoms with Gasteiger partial charge in [-0.2, -0.15) is 4.42 Å². The maximum Gasteiger partial charge on any atom is 0.496 e. The van der Waals surface area contributed by atoms with Crippen molar-refractivity contribution in [2.24, 2.45) is 0 Å². The fourth-order valence-corrected chi connectivity index (χ4v) is 2.19. The minimum absolute atomic E-state index is 0.387. The molecule has 0 bridgehead atoms. The summed E-state index contributed by atoms with van der Waals surface area (Å²) in [5, 5.41) is 0. The maximum atomic E-state index is 12.1. The standard InChI is InChI=1S/C16H24BClN2O4/c1-14(2,3)22-13(21)20(18)12-8-11(9-19-10-12)17-23-15(4,5)16(6,7)24-17/h8-10H,1-7H3. The van der Waals surface area contributed by atoms with Gasteiger partial charge in [0.25, 0.3) is 0 Å². The molecule has 1 aliphatic rings. The Balaban J connectivity index is 2.20. The molecule has 0 saturated carbocycles. The zero-order valence-corrected chi connectivity index (χ0v) is 16.0. The summed E-state index contributed by atoms with van der Waals surface area (Å²) in [5.74, 6) is 0. The van der Waals surface area contributed by atoms with E-state index in [-0.39, 0.29) is 0 Å². The van der Waals surface area contributed by atoms with Crippen LogP contribution in [-0.4, -0.2) is 35.0 Å². The molecular weight excluding hydrogens is 330 g/mol. The van der Waals surface area contributed by atoms with E-state index < -0.39 is 30.0 Å². The molecule has 0 radical (unpaired) electrons. The number of ether oxygens (including phenoxy) is 1. The van der Waals surface area contributed by atoms with Crippen molar-refractivity contribution in [3.63, 3.8) is 0 Å². The molecule has 0 aromatic carbocycles. The van der Waals surface area contributed by atoms with Gasteiger partial charge in [-0.25, -0.2) is 4.79 Å². The van der Waals surface area contributed by atoms with Gasteiger partial charge in [-0.05, 0) is 54.5 Å². The third-order valence-corrected chi connectivity index (χ3v) is 4.38. The fraction of sp³-hybridized carbons (Fsp3) is 0.625. The lowest BCUT2D eigenvalue weighted by Crippen LogP contribution is -2.41. The number of pyridine rings is 1. The van der Waals surface area contributed by atoms with Gasteiger partial charge in [-0.1, -0.05) is 0 Å². The number of aromatic nitrogens is 1. The minimum Gasteiger partial charge on any atom is -0.443 e. The molecule has 8 heteroatoms. The molecule has 2 rings (SSSR count). The number of anilines is 1. The van der Waals surface area contributed by atoms with Gasteiger partial charge in [0.05, 0.1) is 23.1 Å². The van der Waals surface area contributed by atoms with Crippen LogP contribution in [-0.2, 0) is 14.0 Å². The number of rotatable bonds is 2. The van der Waals surface area contributed by atoms with E-state index in [4.69, 9.17) is 25.8 Å². The Bertz CT molecular complexity index is 615. The van der Waals surface area contributed by atoms with Crippen LogP contribution >= 0.6 is 11.8 Å². The molecule has 132 valence electrons. The normalized spacial score (nSPS) is 19.2. The number of carbonyl (C=O) groups excluding carboxylic acids is 1. The van der Waals surface area contributed by atoms with Crippen LogP contribution in [0.25, 0.3) is 0 Å². The van der Waals surface area contributed by atoms with Gasteiger partial charge in [0.1, 0.15) is 5.60 Å². The molecular formula is C16H24BClN2O4. The first kappa shape index (κ1) is 19.0. The summed E-state index contributed by atoms with van der Waals surface area (Å²) in [6.45, 7) is 13.2. The monoisotopic (exact) mass is 354 g/mol. The molecule has 2 heterocycles. The van der Waals surface area contributed by atoms with E-state index in [1.807, 2.05) is 27.7 Å². The lowest BCUT2D eigenvalue weighted by Gasteiger charge is -2.32. The molecule has 1 amide bonds. The zero-order chi connectivity index (χ0) is 18.3.